The van der Waals surface area contributed by atoms with Crippen LogP contribution in [-0.4, -0.2) is 11.5 Å². The normalized spacial score (nSPS) is 12.5. The van der Waals surface area contributed by atoms with E-state index in [1.54, 1.807) is 18.7 Å². The smallest absolute Gasteiger partial charge is 0.160 e. The van der Waals surface area contributed by atoms with Gasteiger partial charge in [-0.05, 0) is 31.0 Å². The minimum Gasteiger partial charge on any atom is -0.294 e. The number of thioether (sulfide) groups is 1. The molecule has 1 aromatic carbocycles. The molecule has 1 nitrogen and oxygen atoms in total. The van der Waals surface area contributed by atoms with Crippen molar-refractivity contribution in [1.29, 1.82) is 0 Å². The van der Waals surface area contributed by atoms with Crippen LogP contribution < -0.4 is 0 Å². The fourth-order valence-corrected chi connectivity index (χ4v) is 3.05. The Kier molecular flexibility index (Phi) is 5.56. The van der Waals surface area contributed by atoms with Crippen molar-refractivity contribution in [2.24, 2.45) is 5.92 Å². The molecule has 0 heterocycles. The molecule has 0 spiro atoms. The minimum absolute atomic E-state index is 0.138. The van der Waals surface area contributed by atoms with Gasteiger partial charge in [-0.1, -0.05) is 36.2 Å². The zero-order chi connectivity index (χ0) is 12.1. The molecule has 0 aromatic heterocycles. The number of hydrogen-bond acceptors (Lipinski definition) is 2. The van der Waals surface area contributed by atoms with E-state index in [-0.39, 0.29) is 5.78 Å². The summed E-state index contributed by atoms with van der Waals surface area (Å²) < 4.78 is 1.03. The average Bonchev–Trinajstić information content (AvgIpc) is 2.25. The Morgan fingerprint density at radius 2 is 2.19 bits per heavy atom. The molecule has 1 atom stereocenters. The highest BCUT2D eigenvalue weighted by Crippen LogP contribution is 2.28. The first-order chi connectivity index (χ1) is 7.54. The lowest BCUT2D eigenvalue weighted by Crippen LogP contribution is -1.99. The highest BCUT2D eigenvalue weighted by molar-refractivity contribution is 9.10. The first-order valence-electron chi connectivity index (χ1n) is 5.47. The molecule has 0 fully saturated rings. The third-order valence-corrected chi connectivity index (χ3v) is 4.42. The van der Waals surface area contributed by atoms with Crippen molar-refractivity contribution in [2.45, 2.75) is 32.1 Å². The van der Waals surface area contributed by atoms with E-state index in [0.29, 0.717) is 5.92 Å². The first-order valence-corrected chi connectivity index (χ1v) is 7.25. The Labute approximate surface area is 110 Å². The molecule has 3 heteroatoms. The van der Waals surface area contributed by atoms with E-state index in [1.165, 1.54) is 6.42 Å². The SMILES string of the molecule is CCC(C)CSc1cc(Br)ccc1C(C)=O. The molecule has 0 aliphatic carbocycles. The number of carbonyl (C=O) groups is 1. The van der Waals surface area contributed by atoms with Gasteiger partial charge in [0.25, 0.3) is 0 Å². The quantitative estimate of drug-likeness (QED) is 0.574. The van der Waals surface area contributed by atoms with Crippen molar-refractivity contribution in [3.8, 4) is 0 Å². The van der Waals surface area contributed by atoms with Crippen LogP contribution in [0, 0.1) is 5.92 Å². The second kappa shape index (κ2) is 6.45. The maximum atomic E-state index is 11.5. The molecule has 16 heavy (non-hydrogen) atoms. The zero-order valence-corrected chi connectivity index (χ0v) is 12.3. The number of ketones is 1. The molecule has 1 aromatic rings. The molecule has 0 bridgehead atoms. The highest BCUT2D eigenvalue weighted by Gasteiger charge is 2.09. The Balaban J connectivity index is 2.84. The standard InChI is InChI=1S/C13H17BrOS/c1-4-9(2)8-16-13-7-11(14)5-6-12(13)10(3)15/h5-7,9H,4,8H2,1-3H3. The maximum absolute atomic E-state index is 11.5. The molecule has 1 rings (SSSR count). The monoisotopic (exact) mass is 300 g/mol. The van der Waals surface area contributed by atoms with E-state index in [0.717, 1.165) is 20.7 Å². The van der Waals surface area contributed by atoms with Crippen LogP contribution in [0.15, 0.2) is 27.6 Å². The second-order valence-electron chi connectivity index (χ2n) is 4.02. The van der Waals surface area contributed by atoms with Gasteiger partial charge in [0.1, 0.15) is 0 Å². The van der Waals surface area contributed by atoms with Gasteiger partial charge in [-0.2, -0.15) is 0 Å². The van der Waals surface area contributed by atoms with Gasteiger partial charge in [0.15, 0.2) is 5.78 Å². The van der Waals surface area contributed by atoms with E-state index in [1.807, 2.05) is 18.2 Å². The fraction of sp³-hybridized carbons (Fsp3) is 0.462. The summed E-state index contributed by atoms with van der Waals surface area (Å²) in [7, 11) is 0. The Morgan fingerprint density at radius 3 is 2.75 bits per heavy atom. The Morgan fingerprint density at radius 1 is 1.50 bits per heavy atom. The molecule has 0 saturated carbocycles. The molecule has 0 amide bonds. The molecular formula is C13H17BrOS. The van der Waals surface area contributed by atoms with Gasteiger partial charge >= 0.3 is 0 Å². The predicted molar refractivity (Wildman–Crippen MR) is 74.3 cm³/mol. The van der Waals surface area contributed by atoms with Crippen LogP contribution in [0.4, 0.5) is 0 Å². The van der Waals surface area contributed by atoms with E-state index in [9.17, 15) is 4.79 Å². The first kappa shape index (κ1) is 13.8. The lowest BCUT2D eigenvalue weighted by Gasteiger charge is -2.10. The van der Waals surface area contributed by atoms with E-state index >= 15 is 0 Å². The van der Waals surface area contributed by atoms with Crippen molar-refractivity contribution in [2.75, 3.05) is 5.75 Å². The molecule has 0 aliphatic heterocycles. The lowest BCUT2D eigenvalue weighted by atomic mass is 10.1. The number of carbonyl (C=O) groups excluding carboxylic acids is 1. The number of halogens is 1. The van der Waals surface area contributed by atoms with Gasteiger partial charge in [-0.3, -0.25) is 4.79 Å². The van der Waals surface area contributed by atoms with Crippen LogP contribution in [0.2, 0.25) is 0 Å². The number of Topliss-reactive ketones (excluding diaryl/α,β-unsaturated/α-hetero) is 1. The average molecular weight is 301 g/mol. The van der Waals surface area contributed by atoms with Gasteiger partial charge in [0.05, 0.1) is 0 Å². The summed E-state index contributed by atoms with van der Waals surface area (Å²) in [5.41, 5.74) is 0.830. The summed E-state index contributed by atoms with van der Waals surface area (Å²) in [5, 5.41) is 0. The largest absolute Gasteiger partial charge is 0.294 e. The van der Waals surface area contributed by atoms with Gasteiger partial charge < -0.3 is 0 Å². The summed E-state index contributed by atoms with van der Waals surface area (Å²) in [6, 6.07) is 5.85. The highest BCUT2D eigenvalue weighted by atomic mass is 79.9. The third-order valence-electron chi connectivity index (χ3n) is 2.54. The van der Waals surface area contributed by atoms with Crippen molar-refractivity contribution >= 4 is 33.5 Å². The third kappa shape index (κ3) is 3.95. The van der Waals surface area contributed by atoms with E-state index < -0.39 is 0 Å². The van der Waals surface area contributed by atoms with E-state index in [2.05, 4.69) is 29.8 Å². The molecule has 0 N–H and O–H groups in total. The van der Waals surface area contributed by atoms with Gasteiger partial charge in [0, 0.05) is 20.7 Å². The van der Waals surface area contributed by atoms with Crippen LogP contribution in [0.3, 0.4) is 0 Å². The number of hydrogen-bond donors (Lipinski definition) is 0. The van der Waals surface area contributed by atoms with Gasteiger partial charge in [-0.15, -0.1) is 11.8 Å². The summed E-state index contributed by atoms with van der Waals surface area (Å²) >= 11 is 5.22. The van der Waals surface area contributed by atoms with Crippen LogP contribution in [-0.2, 0) is 0 Å². The maximum Gasteiger partial charge on any atom is 0.160 e. The Hall–Kier alpha value is -0.280. The molecule has 0 radical (unpaired) electrons. The summed E-state index contributed by atoms with van der Waals surface area (Å²) in [6.07, 6.45) is 1.18. The molecule has 0 aliphatic rings. The van der Waals surface area contributed by atoms with Crippen molar-refractivity contribution in [1.82, 2.24) is 0 Å². The molecule has 1 unspecified atom stereocenters. The minimum atomic E-state index is 0.138. The van der Waals surface area contributed by atoms with Crippen molar-refractivity contribution in [3.63, 3.8) is 0 Å². The topological polar surface area (TPSA) is 17.1 Å². The van der Waals surface area contributed by atoms with E-state index in [4.69, 9.17) is 0 Å². The van der Waals surface area contributed by atoms with Gasteiger partial charge in [0.2, 0.25) is 0 Å². The van der Waals surface area contributed by atoms with Crippen LogP contribution in [0.1, 0.15) is 37.6 Å². The fourth-order valence-electron chi connectivity index (χ4n) is 1.26. The lowest BCUT2D eigenvalue weighted by molar-refractivity contribution is 0.101. The van der Waals surface area contributed by atoms with Crippen LogP contribution in [0.25, 0.3) is 0 Å². The van der Waals surface area contributed by atoms with Gasteiger partial charge in [-0.25, -0.2) is 0 Å². The summed E-state index contributed by atoms with van der Waals surface area (Å²) in [6.45, 7) is 6.05. The van der Waals surface area contributed by atoms with Crippen LogP contribution >= 0.6 is 27.7 Å². The molecular weight excluding hydrogens is 284 g/mol. The zero-order valence-electron chi connectivity index (χ0n) is 9.92. The molecule has 88 valence electrons. The Bertz CT molecular complexity index is 376. The second-order valence-corrected chi connectivity index (χ2v) is 6.00. The number of benzene rings is 1. The summed E-state index contributed by atoms with van der Waals surface area (Å²) in [4.78, 5) is 12.5. The summed E-state index contributed by atoms with van der Waals surface area (Å²) in [5.74, 6) is 1.88. The van der Waals surface area contributed by atoms with Crippen molar-refractivity contribution in [3.05, 3.63) is 28.2 Å². The number of rotatable bonds is 5. The van der Waals surface area contributed by atoms with Crippen molar-refractivity contribution < 1.29 is 4.79 Å². The predicted octanol–water partition coefficient (Wildman–Crippen LogP) is 4.79. The molecule has 0 saturated heterocycles. The van der Waals surface area contributed by atoms with Crippen LogP contribution in [0.5, 0.6) is 0 Å².